The number of nitrogens with one attached hydrogen (secondary N) is 1. The van der Waals surface area contributed by atoms with E-state index in [1.165, 1.54) is 0 Å². The first-order valence-electron chi connectivity index (χ1n) is 10.0. The maximum Gasteiger partial charge on any atom is 0.494 e. The lowest BCUT2D eigenvalue weighted by atomic mass is 9.79. The third-order valence-electron chi connectivity index (χ3n) is 4.82. The van der Waals surface area contributed by atoms with E-state index in [2.05, 4.69) is 5.32 Å². The highest BCUT2D eigenvalue weighted by molar-refractivity contribution is 6.62. The summed E-state index contributed by atoms with van der Waals surface area (Å²) in [7, 11) is -0.380. The Labute approximate surface area is 174 Å². The van der Waals surface area contributed by atoms with Crippen LogP contribution in [-0.4, -0.2) is 56.4 Å². The maximum absolute atomic E-state index is 11.5. The summed E-state index contributed by atoms with van der Waals surface area (Å²) in [6.45, 7) is 15.2. The van der Waals surface area contributed by atoms with Gasteiger partial charge in [0.1, 0.15) is 18.0 Å². The second-order valence-corrected chi connectivity index (χ2v) is 9.05. The zero-order valence-electron chi connectivity index (χ0n) is 18.7. The average Bonchev–Trinajstić information content (AvgIpc) is 2.80. The molecule has 0 saturated carbocycles. The minimum Gasteiger partial charge on any atom is -0.491 e. The molecule has 29 heavy (non-hydrogen) atoms. The first kappa shape index (κ1) is 23.5. The second kappa shape index (κ2) is 9.37. The van der Waals surface area contributed by atoms with Crippen LogP contribution in [-0.2, 0) is 18.8 Å². The molecule has 1 fully saturated rings. The summed E-state index contributed by atoms with van der Waals surface area (Å²) in [4.78, 5) is 11.5. The van der Waals surface area contributed by atoms with Crippen LogP contribution < -0.4 is 15.5 Å². The van der Waals surface area contributed by atoms with Crippen molar-refractivity contribution >= 4 is 18.7 Å². The van der Waals surface area contributed by atoms with Crippen molar-refractivity contribution < 1.29 is 28.3 Å². The van der Waals surface area contributed by atoms with Crippen LogP contribution in [0.2, 0.25) is 0 Å². The normalized spacial score (nSPS) is 17.8. The van der Waals surface area contributed by atoms with E-state index in [1.54, 1.807) is 0 Å². The van der Waals surface area contributed by atoms with Crippen molar-refractivity contribution in [2.24, 2.45) is 0 Å². The van der Waals surface area contributed by atoms with Gasteiger partial charge < -0.3 is 28.8 Å². The molecule has 1 aromatic rings. The van der Waals surface area contributed by atoms with Crippen molar-refractivity contribution in [3.63, 3.8) is 0 Å². The Balaban J connectivity index is 1.63. The molecule has 1 aromatic carbocycles. The smallest absolute Gasteiger partial charge is 0.491 e. The molecule has 1 aliphatic rings. The average molecular weight is 407 g/mol. The van der Waals surface area contributed by atoms with Gasteiger partial charge in [-0.05, 0) is 66.1 Å². The van der Waals surface area contributed by atoms with Crippen LogP contribution in [0, 0.1) is 0 Å². The number of carbonyl (C=O) groups excluding carboxylic acids is 1. The van der Waals surface area contributed by atoms with Crippen molar-refractivity contribution in [3.8, 4) is 5.75 Å². The van der Waals surface area contributed by atoms with Crippen LogP contribution in [0.4, 0.5) is 4.79 Å². The molecule has 1 heterocycles. The van der Waals surface area contributed by atoms with Crippen LogP contribution >= 0.6 is 0 Å². The van der Waals surface area contributed by atoms with Gasteiger partial charge in [-0.1, -0.05) is 12.1 Å². The lowest BCUT2D eigenvalue weighted by molar-refractivity contribution is 0.00578. The van der Waals surface area contributed by atoms with Gasteiger partial charge in [-0.2, -0.15) is 0 Å². The predicted octanol–water partition coefficient (Wildman–Crippen LogP) is 2.91. The van der Waals surface area contributed by atoms with Crippen molar-refractivity contribution in [3.05, 3.63) is 24.3 Å². The maximum atomic E-state index is 11.5. The van der Waals surface area contributed by atoms with E-state index in [1.807, 2.05) is 72.7 Å². The largest absolute Gasteiger partial charge is 0.494 e. The highest BCUT2D eigenvalue weighted by Crippen LogP contribution is 2.36. The van der Waals surface area contributed by atoms with Crippen LogP contribution in [0.15, 0.2) is 24.3 Å². The molecule has 0 unspecified atom stereocenters. The summed E-state index contributed by atoms with van der Waals surface area (Å²) < 4.78 is 28.4. The zero-order chi connectivity index (χ0) is 21.7. The van der Waals surface area contributed by atoms with E-state index < -0.39 is 11.7 Å². The molecule has 1 amide bonds. The van der Waals surface area contributed by atoms with Gasteiger partial charge in [0.05, 0.1) is 24.4 Å². The number of rotatable bonds is 8. The summed E-state index contributed by atoms with van der Waals surface area (Å²) in [6, 6.07) is 7.68. The molecule has 0 atom stereocenters. The van der Waals surface area contributed by atoms with Gasteiger partial charge in [0.2, 0.25) is 0 Å². The number of hydrogen-bond acceptors (Lipinski definition) is 6. The number of carbonyl (C=O) groups is 1. The molecule has 8 heteroatoms. The number of amides is 1. The van der Waals surface area contributed by atoms with E-state index in [4.69, 9.17) is 23.5 Å². The molecule has 162 valence electrons. The van der Waals surface area contributed by atoms with E-state index >= 15 is 0 Å². The van der Waals surface area contributed by atoms with Crippen molar-refractivity contribution in [1.29, 1.82) is 0 Å². The van der Waals surface area contributed by atoms with Crippen LogP contribution in [0.3, 0.4) is 0 Å². The van der Waals surface area contributed by atoms with E-state index in [-0.39, 0.29) is 18.3 Å². The third-order valence-corrected chi connectivity index (χ3v) is 4.82. The van der Waals surface area contributed by atoms with Gasteiger partial charge in [-0.15, -0.1) is 0 Å². The van der Waals surface area contributed by atoms with Crippen molar-refractivity contribution in [2.75, 3.05) is 26.4 Å². The van der Waals surface area contributed by atoms with Gasteiger partial charge in [0.25, 0.3) is 0 Å². The molecule has 7 nitrogen and oxygen atoms in total. The first-order valence-corrected chi connectivity index (χ1v) is 10.0. The molecule has 1 aliphatic heterocycles. The fourth-order valence-corrected chi connectivity index (χ4v) is 2.56. The Morgan fingerprint density at radius 3 is 2.14 bits per heavy atom. The van der Waals surface area contributed by atoms with E-state index in [0.29, 0.717) is 26.4 Å². The van der Waals surface area contributed by atoms with Crippen LogP contribution in [0.5, 0.6) is 5.75 Å². The predicted molar refractivity (Wildman–Crippen MR) is 113 cm³/mol. The van der Waals surface area contributed by atoms with Crippen LogP contribution in [0.1, 0.15) is 48.5 Å². The molecular formula is C21H34BNO6. The quantitative estimate of drug-likeness (QED) is 0.528. The van der Waals surface area contributed by atoms with Gasteiger partial charge >= 0.3 is 13.2 Å². The molecule has 0 aromatic heterocycles. The van der Waals surface area contributed by atoms with Crippen LogP contribution in [0.25, 0.3) is 0 Å². The highest BCUT2D eigenvalue weighted by Gasteiger charge is 2.51. The van der Waals surface area contributed by atoms with Gasteiger partial charge in [-0.25, -0.2) is 4.79 Å². The summed E-state index contributed by atoms with van der Waals surface area (Å²) in [6.07, 6.45) is -0.445. The molecule has 1 N–H and O–H groups in total. The molecule has 1 saturated heterocycles. The Hall–Kier alpha value is -1.77. The topological polar surface area (TPSA) is 75.3 Å². The summed E-state index contributed by atoms with van der Waals surface area (Å²) in [5, 5.41) is 2.64. The van der Waals surface area contributed by atoms with Gasteiger partial charge in [0, 0.05) is 6.54 Å². The molecule has 0 spiro atoms. The third kappa shape index (κ3) is 7.21. The monoisotopic (exact) mass is 407 g/mol. The SMILES string of the molecule is CC(C)(C)OC(=O)NCCOCCOc1ccc(B2OC(C)(C)C(C)(C)O2)cc1. The van der Waals surface area contributed by atoms with E-state index in [0.717, 1.165) is 11.2 Å². The lowest BCUT2D eigenvalue weighted by Crippen LogP contribution is -2.41. The fraction of sp³-hybridized carbons (Fsp3) is 0.667. The summed E-state index contributed by atoms with van der Waals surface area (Å²) in [5.41, 5.74) is -0.262. The Morgan fingerprint density at radius 2 is 1.59 bits per heavy atom. The second-order valence-electron chi connectivity index (χ2n) is 9.05. The van der Waals surface area contributed by atoms with Gasteiger partial charge in [-0.3, -0.25) is 0 Å². The van der Waals surface area contributed by atoms with Crippen molar-refractivity contribution in [2.45, 2.75) is 65.3 Å². The molecular weight excluding hydrogens is 373 g/mol. The number of ether oxygens (including phenoxy) is 3. The van der Waals surface area contributed by atoms with E-state index in [9.17, 15) is 4.79 Å². The first-order chi connectivity index (χ1) is 13.4. The number of hydrogen-bond donors (Lipinski definition) is 1. The number of alkyl carbamates (subject to hydrolysis) is 1. The minimum absolute atomic E-state index is 0.359. The molecule has 0 bridgehead atoms. The standard InChI is InChI=1S/C21H34BNO6/c1-19(2,3)27-18(24)23-12-13-25-14-15-26-17-10-8-16(9-11-17)22-28-20(4,5)21(6,7)29-22/h8-11H,12-15H2,1-7H3,(H,23,24). The highest BCUT2D eigenvalue weighted by atomic mass is 16.7. The molecule has 0 radical (unpaired) electrons. The summed E-state index contributed by atoms with van der Waals surface area (Å²) >= 11 is 0. The fourth-order valence-electron chi connectivity index (χ4n) is 2.56. The molecule has 0 aliphatic carbocycles. The Bertz CT molecular complexity index is 653. The Morgan fingerprint density at radius 1 is 1.00 bits per heavy atom. The zero-order valence-corrected chi connectivity index (χ0v) is 18.7. The minimum atomic E-state index is -0.503. The van der Waals surface area contributed by atoms with Crippen molar-refractivity contribution in [1.82, 2.24) is 5.32 Å². The van der Waals surface area contributed by atoms with Gasteiger partial charge in [0.15, 0.2) is 0 Å². The number of benzene rings is 1. The lowest BCUT2D eigenvalue weighted by Gasteiger charge is -2.32. The Kier molecular flexibility index (Phi) is 7.59. The summed E-state index contributed by atoms with van der Waals surface area (Å²) in [5.74, 6) is 0.751. The molecule has 2 rings (SSSR count).